The lowest BCUT2D eigenvalue weighted by Gasteiger charge is -1.98. The Morgan fingerprint density at radius 1 is 1.64 bits per heavy atom. The summed E-state index contributed by atoms with van der Waals surface area (Å²) in [5.41, 5.74) is 1.55. The summed E-state index contributed by atoms with van der Waals surface area (Å²) in [5.74, 6) is -0.0663. The molecular formula is C9H9IN2OS. The highest BCUT2D eigenvalue weighted by Crippen LogP contribution is 2.31. The normalized spacial score (nSPS) is 9.57. The number of nitrogens with zero attached hydrogens (tertiary/aromatic N) is 1. The topological polar surface area (TPSA) is 52.9 Å². The van der Waals surface area contributed by atoms with Gasteiger partial charge in [0.15, 0.2) is 0 Å². The molecule has 1 aromatic heterocycles. The Hall–Kier alpha value is -0.610. The minimum absolute atomic E-state index is 0.0663. The molecule has 1 amide bonds. The van der Waals surface area contributed by atoms with E-state index in [0.29, 0.717) is 15.0 Å². The molecule has 1 heterocycles. The first-order valence-corrected chi connectivity index (χ1v) is 6.30. The zero-order chi connectivity index (χ0) is 10.7. The van der Waals surface area contributed by atoms with Crippen molar-refractivity contribution in [2.24, 2.45) is 0 Å². The molecule has 0 unspecified atom stereocenters. The Balaban J connectivity index is 3.04. The number of nitrogens with one attached hydrogen (secondary N) is 1. The summed E-state index contributed by atoms with van der Waals surface area (Å²) in [5, 5.41) is 12.3. The Labute approximate surface area is 100 Å². The van der Waals surface area contributed by atoms with E-state index in [1.54, 1.807) is 0 Å². The third-order valence-corrected chi connectivity index (χ3v) is 3.69. The molecule has 0 aliphatic carbocycles. The average Bonchev–Trinajstić information content (AvgIpc) is 2.42. The lowest BCUT2D eigenvalue weighted by atomic mass is 10.2. The van der Waals surface area contributed by atoms with Crippen LogP contribution in [0.1, 0.15) is 16.0 Å². The number of aryl methyl sites for hydroxylation is 1. The number of carbonyl (C=O) groups excluding carboxylic acids is 1. The maximum absolute atomic E-state index is 11.1. The second kappa shape index (κ2) is 4.75. The molecule has 0 radical (unpaired) electrons. The Bertz CT molecular complexity index is 406. The molecule has 1 N–H and O–H groups in total. The molecule has 0 saturated heterocycles. The van der Waals surface area contributed by atoms with Crippen LogP contribution in [0.15, 0.2) is 0 Å². The molecule has 1 rings (SSSR count). The van der Waals surface area contributed by atoms with E-state index in [4.69, 9.17) is 5.26 Å². The van der Waals surface area contributed by atoms with Crippen molar-refractivity contribution in [2.75, 3.05) is 9.74 Å². The summed E-state index contributed by atoms with van der Waals surface area (Å²) in [6.07, 6.45) is 0. The van der Waals surface area contributed by atoms with Crippen molar-refractivity contribution in [1.82, 2.24) is 0 Å². The van der Waals surface area contributed by atoms with Crippen molar-refractivity contribution in [2.45, 2.75) is 13.8 Å². The van der Waals surface area contributed by atoms with Gasteiger partial charge in [0.1, 0.15) is 11.1 Å². The fourth-order valence-electron chi connectivity index (χ4n) is 1.01. The van der Waals surface area contributed by atoms with Crippen molar-refractivity contribution in [3.05, 3.63) is 16.0 Å². The molecular weight excluding hydrogens is 311 g/mol. The molecule has 0 bridgehead atoms. The SMILES string of the molecule is Cc1sc(NC(=O)CI)c(C#N)c1C. The smallest absolute Gasteiger partial charge is 0.234 e. The van der Waals surface area contributed by atoms with E-state index in [0.717, 1.165) is 10.4 Å². The number of rotatable bonds is 2. The van der Waals surface area contributed by atoms with E-state index in [1.165, 1.54) is 11.3 Å². The summed E-state index contributed by atoms with van der Waals surface area (Å²) in [6.45, 7) is 3.84. The maximum atomic E-state index is 11.1. The number of thiophene rings is 1. The van der Waals surface area contributed by atoms with Gasteiger partial charge in [-0.2, -0.15) is 5.26 Å². The molecule has 0 spiro atoms. The number of alkyl halides is 1. The van der Waals surface area contributed by atoms with Gasteiger partial charge in [-0.05, 0) is 19.4 Å². The van der Waals surface area contributed by atoms with Crippen LogP contribution in [-0.2, 0) is 4.79 Å². The van der Waals surface area contributed by atoms with Gasteiger partial charge in [-0.3, -0.25) is 4.79 Å². The van der Waals surface area contributed by atoms with Crippen LogP contribution >= 0.6 is 33.9 Å². The molecule has 1 aromatic rings. The second-order valence-corrected chi connectivity index (χ2v) is 4.77. The predicted molar refractivity (Wildman–Crippen MR) is 66.0 cm³/mol. The van der Waals surface area contributed by atoms with Crippen LogP contribution in [0.2, 0.25) is 0 Å². The van der Waals surface area contributed by atoms with Crippen LogP contribution in [0, 0.1) is 25.2 Å². The zero-order valence-electron chi connectivity index (χ0n) is 7.85. The fourth-order valence-corrected chi connectivity index (χ4v) is 2.23. The number of anilines is 1. The third kappa shape index (κ3) is 2.25. The van der Waals surface area contributed by atoms with Crippen molar-refractivity contribution in [3.63, 3.8) is 0 Å². The van der Waals surface area contributed by atoms with Gasteiger partial charge in [-0.15, -0.1) is 11.3 Å². The molecule has 0 fully saturated rings. The Morgan fingerprint density at radius 2 is 2.29 bits per heavy atom. The quantitative estimate of drug-likeness (QED) is 0.673. The highest BCUT2D eigenvalue weighted by molar-refractivity contribution is 14.1. The van der Waals surface area contributed by atoms with Crippen LogP contribution in [0.3, 0.4) is 0 Å². The summed E-state index contributed by atoms with van der Waals surface area (Å²) in [7, 11) is 0. The van der Waals surface area contributed by atoms with Gasteiger partial charge in [-0.1, -0.05) is 22.6 Å². The summed E-state index contributed by atoms with van der Waals surface area (Å²) >= 11 is 3.44. The van der Waals surface area contributed by atoms with Gasteiger partial charge in [0.25, 0.3) is 0 Å². The van der Waals surface area contributed by atoms with E-state index in [-0.39, 0.29) is 5.91 Å². The van der Waals surface area contributed by atoms with Gasteiger partial charge in [0, 0.05) is 4.88 Å². The average molecular weight is 320 g/mol. The standard InChI is InChI=1S/C9H9IN2OS/c1-5-6(2)14-9(7(5)4-11)12-8(13)3-10/h3H2,1-2H3,(H,12,13). The van der Waals surface area contributed by atoms with Gasteiger partial charge < -0.3 is 5.32 Å². The number of nitriles is 1. The summed E-state index contributed by atoms with van der Waals surface area (Å²) < 4.78 is 0.401. The van der Waals surface area contributed by atoms with Gasteiger partial charge >= 0.3 is 0 Å². The number of carbonyl (C=O) groups is 1. The van der Waals surface area contributed by atoms with Crippen molar-refractivity contribution < 1.29 is 4.79 Å². The Morgan fingerprint density at radius 3 is 2.79 bits per heavy atom. The first-order chi connectivity index (χ1) is 6.60. The van der Waals surface area contributed by atoms with Crippen LogP contribution in [0.25, 0.3) is 0 Å². The molecule has 0 aromatic carbocycles. The molecule has 74 valence electrons. The lowest BCUT2D eigenvalue weighted by Crippen LogP contribution is -2.11. The van der Waals surface area contributed by atoms with E-state index in [1.807, 2.05) is 36.4 Å². The number of amides is 1. The van der Waals surface area contributed by atoms with E-state index >= 15 is 0 Å². The van der Waals surface area contributed by atoms with E-state index < -0.39 is 0 Å². The third-order valence-electron chi connectivity index (χ3n) is 1.87. The molecule has 5 heteroatoms. The molecule has 0 saturated carbocycles. The van der Waals surface area contributed by atoms with Crippen LogP contribution in [0.5, 0.6) is 0 Å². The number of halogens is 1. The van der Waals surface area contributed by atoms with Crippen molar-refractivity contribution in [1.29, 1.82) is 5.26 Å². The van der Waals surface area contributed by atoms with Gasteiger partial charge in [0.05, 0.1) is 9.99 Å². The first kappa shape index (κ1) is 11.5. The van der Waals surface area contributed by atoms with E-state index in [2.05, 4.69) is 11.4 Å². The number of hydrogen-bond donors (Lipinski definition) is 1. The number of hydrogen-bond acceptors (Lipinski definition) is 3. The predicted octanol–water partition coefficient (Wildman–Crippen LogP) is 2.61. The monoisotopic (exact) mass is 320 g/mol. The zero-order valence-corrected chi connectivity index (χ0v) is 10.8. The molecule has 0 aliphatic heterocycles. The van der Waals surface area contributed by atoms with Crippen molar-refractivity contribution in [3.8, 4) is 6.07 Å². The molecule has 0 aliphatic rings. The highest BCUT2D eigenvalue weighted by atomic mass is 127. The molecule has 0 atom stereocenters. The molecule has 3 nitrogen and oxygen atoms in total. The summed E-state index contributed by atoms with van der Waals surface area (Å²) in [4.78, 5) is 12.2. The highest BCUT2D eigenvalue weighted by Gasteiger charge is 2.13. The largest absolute Gasteiger partial charge is 0.316 e. The maximum Gasteiger partial charge on any atom is 0.234 e. The van der Waals surface area contributed by atoms with Gasteiger partial charge in [-0.25, -0.2) is 0 Å². The second-order valence-electron chi connectivity index (χ2n) is 2.78. The van der Waals surface area contributed by atoms with Crippen molar-refractivity contribution >= 4 is 44.8 Å². The first-order valence-electron chi connectivity index (χ1n) is 3.96. The minimum atomic E-state index is -0.0663. The minimum Gasteiger partial charge on any atom is -0.316 e. The Kier molecular flexibility index (Phi) is 3.89. The summed E-state index contributed by atoms with van der Waals surface area (Å²) in [6, 6.07) is 2.11. The van der Waals surface area contributed by atoms with Crippen LogP contribution in [0.4, 0.5) is 5.00 Å². The fraction of sp³-hybridized carbons (Fsp3) is 0.333. The van der Waals surface area contributed by atoms with Crippen LogP contribution < -0.4 is 5.32 Å². The molecule has 14 heavy (non-hydrogen) atoms. The van der Waals surface area contributed by atoms with E-state index in [9.17, 15) is 4.79 Å². The van der Waals surface area contributed by atoms with Gasteiger partial charge in [0.2, 0.25) is 5.91 Å². The van der Waals surface area contributed by atoms with Crippen LogP contribution in [-0.4, -0.2) is 10.3 Å². The lowest BCUT2D eigenvalue weighted by molar-refractivity contribution is -0.113.